The van der Waals surface area contributed by atoms with E-state index in [1.165, 1.54) is 0 Å². The molecule has 5 nitrogen and oxygen atoms in total. The monoisotopic (exact) mass is 401 g/mol. The second-order valence-corrected chi connectivity index (χ2v) is 7.44. The normalized spacial score (nSPS) is 12.6. The van der Waals surface area contributed by atoms with Gasteiger partial charge in [-0.1, -0.05) is 84.4 Å². The van der Waals surface area contributed by atoms with Crippen molar-refractivity contribution >= 4 is 11.9 Å². The van der Waals surface area contributed by atoms with Crippen LogP contribution in [-0.2, 0) is 4.79 Å². The van der Waals surface area contributed by atoms with Crippen molar-refractivity contribution in [1.82, 2.24) is 10.6 Å². The van der Waals surface area contributed by atoms with Gasteiger partial charge in [-0.25, -0.2) is 4.79 Å². The fraction of sp³-hybridized carbons (Fsp3) is 0.200. The van der Waals surface area contributed by atoms with Crippen molar-refractivity contribution in [2.45, 2.75) is 32.4 Å². The van der Waals surface area contributed by atoms with Crippen molar-refractivity contribution in [3.05, 3.63) is 107 Å². The van der Waals surface area contributed by atoms with E-state index in [-0.39, 0.29) is 18.4 Å². The topological polar surface area (TPSA) is 84.2 Å². The lowest BCUT2D eigenvalue weighted by Gasteiger charge is -2.23. The summed E-state index contributed by atoms with van der Waals surface area (Å²) in [7, 11) is 0. The molecule has 0 heterocycles. The van der Waals surface area contributed by atoms with E-state index in [4.69, 9.17) is 5.73 Å². The van der Waals surface area contributed by atoms with Crippen LogP contribution in [0.15, 0.2) is 78.9 Å². The van der Waals surface area contributed by atoms with Crippen molar-refractivity contribution < 1.29 is 9.59 Å². The molecule has 0 spiro atoms. The van der Waals surface area contributed by atoms with Gasteiger partial charge in [0.05, 0.1) is 18.5 Å². The highest BCUT2D eigenvalue weighted by Gasteiger charge is 2.22. The van der Waals surface area contributed by atoms with E-state index in [0.29, 0.717) is 0 Å². The molecule has 0 aliphatic rings. The minimum absolute atomic E-state index is 0.0863. The fourth-order valence-corrected chi connectivity index (χ4v) is 3.56. The predicted molar refractivity (Wildman–Crippen MR) is 119 cm³/mol. The molecule has 2 atom stereocenters. The molecule has 3 aromatic rings. The van der Waals surface area contributed by atoms with E-state index in [2.05, 4.69) is 10.6 Å². The second-order valence-electron chi connectivity index (χ2n) is 7.44. The van der Waals surface area contributed by atoms with Gasteiger partial charge >= 0.3 is 6.03 Å². The molecule has 5 heteroatoms. The van der Waals surface area contributed by atoms with Crippen molar-refractivity contribution in [1.29, 1.82) is 0 Å². The number of urea groups is 1. The molecule has 3 aromatic carbocycles. The summed E-state index contributed by atoms with van der Waals surface area (Å²) in [5, 5.41) is 5.84. The molecule has 0 radical (unpaired) electrons. The molecule has 3 amide bonds. The third kappa shape index (κ3) is 5.47. The Kier molecular flexibility index (Phi) is 6.86. The van der Waals surface area contributed by atoms with Gasteiger partial charge in [0.2, 0.25) is 5.91 Å². The maximum Gasteiger partial charge on any atom is 0.312 e. The molecule has 0 aromatic heterocycles. The molecule has 30 heavy (non-hydrogen) atoms. The van der Waals surface area contributed by atoms with Crippen LogP contribution < -0.4 is 16.4 Å². The average Bonchev–Trinajstić information content (AvgIpc) is 2.73. The van der Waals surface area contributed by atoms with Crippen LogP contribution in [-0.4, -0.2) is 11.9 Å². The maximum absolute atomic E-state index is 13.0. The molecule has 0 aliphatic heterocycles. The van der Waals surface area contributed by atoms with Gasteiger partial charge in [0.25, 0.3) is 0 Å². The van der Waals surface area contributed by atoms with Crippen molar-refractivity contribution in [2.24, 2.45) is 5.73 Å². The van der Waals surface area contributed by atoms with Crippen LogP contribution in [0, 0.1) is 13.8 Å². The highest BCUT2D eigenvalue weighted by atomic mass is 16.2. The van der Waals surface area contributed by atoms with E-state index in [1.54, 1.807) is 0 Å². The summed E-state index contributed by atoms with van der Waals surface area (Å²) in [6.45, 7) is 3.98. The third-order valence-corrected chi connectivity index (χ3v) is 5.12. The second kappa shape index (κ2) is 9.74. The Morgan fingerprint density at radius 1 is 0.800 bits per heavy atom. The summed E-state index contributed by atoms with van der Waals surface area (Å²) in [4.78, 5) is 24.6. The van der Waals surface area contributed by atoms with E-state index in [1.807, 2.05) is 92.7 Å². The van der Waals surface area contributed by atoms with E-state index < -0.39 is 12.1 Å². The summed E-state index contributed by atoms with van der Waals surface area (Å²) >= 11 is 0. The van der Waals surface area contributed by atoms with E-state index in [0.717, 1.165) is 27.8 Å². The smallest absolute Gasteiger partial charge is 0.312 e. The maximum atomic E-state index is 13.0. The summed E-state index contributed by atoms with van der Waals surface area (Å²) in [6.07, 6.45) is 0.0863. The fourth-order valence-electron chi connectivity index (χ4n) is 3.56. The summed E-state index contributed by atoms with van der Waals surface area (Å²) in [6, 6.07) is 24.1. The number of aryl methyl sites for hydroxylation is 2. The molecule has 0 fully saturated rings. The zero-order valence-corrected chi connectivity index (χ0v) is 17.3. The molecule has 4 N–H and O–H groups in total. The van der Waals surface area contributed by atoms with Crippen molar-refractivity contribution in [3.63, 3.8) is 0 Å². The summed E-state index contributed by atoms with van der Waals surface area (Å²) in [5.41, 5.74) is 10.4. The number of nitrogens with one attached hydrogen (secondary N) is 2. The van der Waals surface area contributed by atoms with Crippen LogP contribution in [0.4, 0.5) is 4.79 Å². The van der Waals surface area contributed by atoms with Crippen LogP contribution in [0.25, 0.3) is 0 Å². The Balaban J connectivity index is 1.84. The number of carbonyl (C=O) groups excluding carboxylic acids is 2. The molecule has 0 aliphatic carbocycles. The molecule has 0 unspecified atom stereocenters. The van der Waals surface area contributed by atoms with Gasteiger partial charge in [-0.15, -0.1) is 0 Å². The zero-order valence-electron chi connectivity index (χ0n) is 17.3. The van der Waals surface area contributed by atoms with Crippen molar-refractivity contribution in [3.8, 4) is 0 Å². The van der Waals surface area contributed by atoms with E-state index >= 15 is 0 Å². The Morgan fingerprint density at radius 3 is 2.03 bits per heavy atom. The molecular formula is C25H27N3O2. The highest BCUT2D eigenvalue weighted by Crippen LogP contribution is 2.25. The number of benzene rings is 3. The summed E-state index contributed by atoms with van der Waals surface area (Å²) < 4.78 is 0. The number of primary amides is 1. The van der Waals surface area contributed by atoms with E-state index in [9.17, 15) is 9.59 Å². The summed E-state index contributed by atoms with van der Waals surface area (Å²) in [5.74, 6) is -0.175. The molecule has 0 saturated carbocycles. The highest BCUT2D eigenvalue weighted by molar-refractivity contribution is 5.79. The van der Waals surface area contributed by atoms with Crippen LogP contribution in [0.1, 0.15) is 46.3 Å². The van der Waals surface area contributed by atoms with Gasteiger partial charge in [-0.3, -0.25) is 4.79 Å². The minimum atomic E-state index is -0.658. The first kappa shape index (κ1) is 21.1. The van der Waals surface area contributed by atoms with Gasteiger partial charge < -0.3 is 16.4 Å². The van der Waals surface area contributed by atoms with Gasteiger partial charge in [-0.2, -0.15) is 0 Å². The number of hydrogen-bond acceptors (Lipinski definition) is 2. The van der Waals surface area contributed by atoms with Crippen LogP contribution in [0.5, 0.6) is 0 Å². The van der Waals surface area contributed by atoms with Gasteiger partial charge in [0, 0.05) is 0 Å². The Labute approximate surface area is 177 Å². The first-order valence-corrected chi connectivity index (χ1v) is 9.96. The van der Waals surface area contributed by atoms with Crippen molar-refractivity contribution in [2.75, 3.05) is 0 Å². The number of amides is 3. The molecule has 0 bridgehead atoms. The van der Waals surface area contributed by atoms with Crippen LogP contribution in [0.3, 0.4) is 0 Å². The molecule has 3 rings (SSSR count). The number of hydrogen-bond donors (Lipinski definition) is 3. The lowest BCUT2D eigenvalue weighted by Crippen LogP contribution is -2.38. The first-order valence-electron chi connectivity index (χ1n) is 9.96. The van der Waals surface area contributed by atoms with Crippen LogP contribution >= 0.6 is 0 Å². The first-order chi connectivity index (χ1) is 14.4. The molecule has 0 saturated heterocycles. The lowest BCUT2D eigenvalue weighted by molar-refractivity contribution is -0.122. The Bertz CT molecular complexity index is 1000. The third-order valence-electron chi connectivity index (χ3n) is 5.12. The Hall–Kier alpha value is -3.60. The lowest BCUT2D eigenvalue weighted by atomic mass is 9.96. The molecular weight excluding hydrogens is 374 g/mol. The largest absolute Gasteiger partial charge is 0.352 e. The molecule has 154 valence electrons. The number of nitrogens with two attached hydrogens (primary N) is 1. The standard InChI is InChI=1S/C25H27N3O2/c1-17-12-14-20(15-13-17)24(19-9-4-3-5-10-19)28-23(29)16-22(27-25(26)30)21-11-7-6-8-18(21)2/h3-15,22,24H,16H2,1-2H3,(H,28,29)(H3,26,27,30)/t22-,24-/m0/s1. The predicted octanol–water partition coefficient (Wildman–Crippen LogP) is 4.31. The minimum Gasteiger partial charge on any atom is -0.352 e. The SMILES string of the molecule is Cc1ccc([C@@H](NC(=O)C[C@H](NC(N)=O)c2ccccc2C)c2ccccc2)cc1. The Morgan fingerprint density at radius 2 is 1.40 bits per heavy atom. The average molecular weight is 402 g/mol. The zero-order chi connectivity index (χ0) is 21.5. The number of rotatable bonds is 7. The van der Waals surface area contributed by atoms with Gasteiger partial charge in [0.15, 0.2) is 0 Å². The quantitative estimate of drug-likeness (QED) is 0.551. The van der Waals surface area contributed by atoms with Gasteiger partial charge in [0.1, 0.15) is 0 Å². The van der Waals surface area contributed by atoms with Crippen LogP contribution in [0.2, 0.25) is 0 Å². The van der Waals surface area contributed by atoms with Gasteiger partial charge in [-0.05, 0) is 36.1 Å². The number of carbonyl (C=O) groups is 2.